The van der Waals surface area contributed by atoms with Crippen LogP contribution in [0.1, 0.15) is 47.9 Å². The van der Waals surface area contributed by atoms with E-state index in [1.54, 1.807) is 6.92 Å². The van der Waals surface area contributed by atoms with Gasteiger partial charge >= 0.3 is 0 Å². The van der Waals surface area contributed by atoms with Crippen molar-refractivity contribution in [3.63, 3.8) is 0 Å². The number of hydrogen-bond acceptors (Lipinski definition) is 5. The number of aromatic nitrogens is 2. The van der Waals surface area contributed by atoms with Gasteiger partial charge in [-0.25, -0.2) is 0 Å². The number of carbonyl (C=O) groups excluding carboxylic acids is 1. The molecule has 3 rings (SSSR count). The fourth-order valence-electron chi connectivity index (χ4n) is 2.69. The summed E-state index contributed by atoms with van der Waals surface area (Å²) >= 11 is 0. The van der Waals surface area contributed by atoms with Gasteiger partial charge in [0.2, 0.25) is 5.89 Å². The molecule has 1 aromatic heterocycles. The normalized spacial score (nSPS) is 13.5. The average molecular weight is 285 g/mol. The molecular formula is C16H19N3O2. The van der Waals surface area contributed by atoms with Gasteiger partial charge in [-0.1, -0.05) is 12.1 Å². The lowest BCUT2D eigenvalue weighted by Gasteiger charge is -2.17. The third kappa shape index (κ3) is 2.82. The molecule has 5 heteroatoms. The molecule has 0 atom stereocenters. The Kier molecular flexibility index (Phi) is 3.73. The predicted molar refractivity (Wildman–Crippen MR) is 79.5 cm³/mol. The zero-order valence-electron chi connectivity index (χ0n) is 12.4. The summed E-state index contributed by atoms with van der Waals surface area (Å²) in [5.41, 5.74) is 3.17. The summed E-state index contributed by atoms with van der Waals surface area (Å²) in [6, 6.07) is 5.90. The van der Waals surface area contributed by atoms with Crippen molar-refractivity contribution in [2.45, 2.75) is 39.7 Å². The highest BCUT2D eigenvalue weighted by Crippen LogP contribution is 2.30. The Balaban J connectivity index is 1.76. The number of carbonyl (C=O) groups is 1. The van der Waals surface area contributed by atoms with Gasteiger partial charge in [0.05, 0.1) is 6.54 Å². The van der Waals surface area contributed by atoms with Crippen LogP contribution in [0, 0.1) is 0 Å². The lowest BCUT2D eigenvalue weighted by Crippen LogP contribution is -2.20. The van der Waals surface area contributed by atoms with E-state index >= 15 is 0 Å². The van der Waals surface area contributed by atoms with E-state index in [4.69, 9.17) is 4.52 Å². The topological polar surface area (TPSA) is 59.2 Å². The van der Waals surface area contributed by atoms with Crippen molar-refractivity contribution in [3.8, 4) is 0 Å². The number of nitrogens with zero attached hydrogens (tertiary/aromatic N) is 3. The van der Waals surface area contributed by atoms with E-state index in [1.807, 2.05) is 18.2 Å². The van der Waals surface area contributed by atoms with Gasteiger partial charge in [-0.3, -0.25) is 4.79 Å². The third-order valence-corrected chi connectivity index (χ3v) is 3.78. The molecule has 2 heterocycles. The number of aryl methyl sites for hydroxylation is 1. The summed E-state index contributed by atoms with van der Waals surface area (Å²) in [6.07, 6.45) is 2.78. The summed E-state index contributed by atoms with van der Waals surface area (Å²) in [5, 5.41) is 4.04. The molecule has 1 aliphatic heterocycles. The van der Waals surface area contributed by atoms with Crippen LogP contribution < -0.4 is 4.90 Å². The maximum Gasteiger partial charge on any atom is 0.226 e. The zero-order valence-corrected chi connectivity index (χ0v) is 12.4. The minimum absolute atomic E-state index is 0.110. The molecule has 5 nitrogen and oxygen atoms in total. The maximum atomic E-state index is 11.4. The van der Waals surface area contributed by atoms with Crippen LogP contribution in [0.3, 0.4) is 0 Å². The van der Waals surface area contributed by atoms with E-state index in [-0.39, 0.29) is 5.78 Å². The second kappa shape index (κ2) is 5.68. The monoisotopic (exact) mass is 285 g/mol. The first kappa shape index (κ1) is 13.8. The molecule has 21 heavy (non-hydrogen) atoms. The first-order chi connectivity index (χ1) is 10.2. The molecule has 110 valence electrons. The zero-order chi connectivity index (χ0) is 14.8. The third-order valence-electron chi connectivity index (χ3n) is 3.78. The molecule has 0 spiro atoms. The SMILES string of the molecule is CCCc1nc(CN2CCc3cc(C(C)=O)ccc32)no1. The fourth-order valence-corrected chi connectivity index (χ4v) is 2.69. The van der Waals surface area contributed by atoms with Crippen molar-refractivity contribution < 1.29 is 9.32 Å². The molecule has 2 aromatic rings. The number of Topliss-reactive ketones (excluding diaryl/α,β-unsaturated/α-hetero) is 1. The van der Waals surface area contributed by atoms with Gasteiger partial charge in [0.25, 0.3) is 0 Å². The van der Waals surface area contributed by atoms with Gasteiger partial charge in [0, 0.05) is 24.2 Å². The molecular weight excluding hydrogens is 266 g/mol. The molecule has 0 bridgehead atoms. The van der Waals surface area contributed by atoms with E-state index < -0.39 is 0 Å². The minimum Gasteiger partial charge on any atom is -0.363 e. The molecule has 0 N–H and O–H groups in total. The van der Waals surface area contributed by atoms with Crippen molar-refractivity contribution in [1.29, 1.82) is 0 Å². The van der Waals surface area contributed by atoms with Crippen LogP contribution >= 0.6 is 0 Å². The largest absolute Gasteiger partial charge is 0.363 e. The number of benzene rings is 1. The smallest absolute Gasteiger partial charge is 0.226 e. The number of ketones is 1. The van der Waals surface area contributed by atoms with Gasteiger partial charge in [0.1, 0.15) is 0 Å². The molecule has 0 fully saturated rings. The Bertz CT molecular complexity index is 663. The van der Waals surface area contributed by atoms with Crippen molar-refractivity contribution in [1.82, 2.24) is 10.1 Å². The molecule has 0 saturated carbocycles. The molecule has 0 unspecified atom stereocenters. The molecule has 0 saturated heterocycles. The van der Waals surface area contributed by atoms with E-state index in [0.717, 1.165) is 37.2 Å². The van der Waals surface area contributed by atoms with Crippen molar-refractivity contribution in [2.24, 2.45) is 0 Å². The lowest BCUT2D eigenvalue weighted by molar-refractivity contribution is 0.101. The van der Waals surface area contributed by atoms with E-state index in [2.05, 4.69) is 22.0 Å². The summed E-state index contributed by atoms with van der Waals surface area (Å²) in [7, 11) is 0. The highest BCUT2D eigenvalue weighted by molar-refractivity contribution is 5.94. The van der Waals surface area contributed by atoms with Crippen molar-refractivity contribution in [2.75, 3.05) is 11.4 Å². The van der Waals surface area contributed by atoms with E-state index in [9.17, 15) is 4.79 Å². The second-order valence-electron chi connectivity index (χ2n) is 5.43. The number of rotatable bonds is 5. The van der Waals surface area contributed by atoms with Crippen molar-refractivity contribution >= 4 is 11.5 Å². The van der Waals surface area contributed by atoms with Gasteiger partial charge in [-0.05, 0) is 43.5 Å². The van der Waals surface area contributed by atoms with Crippen molar-refractivity contribution in [3.05, 3.63) is 41.0 Å². The Hall–Kier alpha value is -2.17. The molecule has 1 aromatic carbocycles. The average Bonchev–Trinajstić information content (AvgIpc) is 3.07. The highest BCUT2D eigenvalue weighted by atomic mass is 16.5. The first-order valence-corrected chi connectivity index (χ1v) is 7.37. The van der Waals surface area contributed by atoms with Gasteiger partial charge in [0.15, 0.2) is 11.6 Å². The molecule has 0 aliphatic carbocycles. The quantitative estimate of drug-likeness (QED) is 0.791. The van der Waals surface area contributed by atoms with Crippen LogP contribution in [-0.4, -0.2) is 22.5 Å². The summed E-state index contributed by atoms with van der Waals surface area (Å²) in [6.45, 7) is 5.27. The van der Waals surface area contributed by atoms with Gasteiger partial charge in [-0.15, -0.1) is 0 Å². The Labute approximate surface area is 124 Å². The first-order valence-electron chi connectivity index (χ1n) is 7.37. The maximum absolute atomic E-state index is 11.4. The number of anilines is 1. The number of hydrogen-bond donors (Lipinski definition) is 0. The van der Waals surface area contributed by atoms with Crippen LogP contribution in [0.15, 0.2) is 22.7 Å². The Morgan fingerprint density at radius 3 is 3.05 bits per heavy atom. The Morgan fingerprint density at radius 1 is 1.43 bits per heavy atom. The van der Waals surface area contributed by atoms with Crippen LogP contribution in [0.5, 0.6) is 0 Å². The summed E-state index contributed by atoms with van der Waals surface area (Å²) < 4.78 is 5.22. The fraction of sp³-hybridized carbons (Fsp3) is 0.438. The summed E-state index contributed by atoms with van der Waals surface area (Å²) in [4.78, 5) is 18.1. The highest BCUT2D eigenvalue weighted by Gasteiger charge is 2.21. The molecule has 1 aliphatic rings. The van der Waals surface area contributed by atoms with E-state index in [1.165, 1.54) is 11.3 Å². The Morgan fingerprint density at radius 2 is 2.29 bits per heavy atom. The predicted octanol–water partition coefficient (Wildman–Crippen LogP) is 2.79. The lowest BCUT2D eigenvalue weighted by atomic mass is 10.1. The van der Waals surface area contributed by atoms with Crippen LogP contribution in [0.4, 0.5) is 5.69 Å². The molecule has 0 radical (unpaired) electrons. The van der Waals surface area contributed by atoms with Crippen LogP contribution in [0.25, 0.3) is 0 Å². The second-order valence-corrected chi connectivity index (χ2v) is 5.43. The van der Waals surface area contributed by atoms with Gasteiger partial charge < -0.3 is 9.42 Å². The van der Waals surface area contributed by atoms with Crippen LogP contribution in [0.2, 0.25) is 0 Å². The van der Waals surface area contributed by atoms with Gasteiger partial charge in [-0.2, -0.15) is 4.98 Å². The van der Waals surface area contributed by atoms with E-state index in [0.29, 0.717) is 12.4 Å². The number of fused-ring (bicyclic) bond motifs is 1. The minimum atomic E-state index is 0.110. The molecule has 0 amide bonds. The summed E-state index contributed by atoms with van der Waals surface area (Å²) in [5.74, 6) is 1.54. The van der Waals surface area contributed by atoms with Crippen LogP contribution in [-0.2, 0) is 19.4 Å². The standard InChI is InChI=1S/C16H19N3O2/c1-3-4-16-17-15(18-21-16)10-19-8-7-13-9-12(11(2)20)5-6-14(13)19/h5-6,9H,3-4,7-8,10H2,1-2H3.